The van der Waals surface area contributed by atoms with Crippen molar-refractivity contribution in [2.45, 2.75) is 32.2 Å². The zero-order chi connectivity index (χ0) is 14.1. The van der Waals surface area contributed by atoms with E-state index < -0.39 is 0 Å². The van der Waals surface area contributed by atoms with Crippen molar-refractivity contribution < 1.29 is 4.79 Å². The Kier molecular flexibility index (Phi) is 3.62. The molecule has 1 N–H and O–H groups in total. The van der Waals surface area contributed by atoms with Crippen molar-refractivity contribution in [2.75, 3.05) is 0 Å². The Labute approximate surface area is 123 Å². The van der Waals surface area contributed by atoms with Crippen LogP contribution in [0.5, 0.6) is 0 Å². The van der Waals surface area contributed by atoms with Crippen molar-refractivity contribution in [3.05, 3.63) is 41.2 Å². The van der Waals surface area contributed by atoms with Gasteiger partial charge in [0.2, 0.25) is 0 Å². The summed E-state index contributed by atoms with van der Waals surface area (Å²) in [5.41, 5.74) is 0.590. The molecule has 1 unspecified atom stereocenters. The van der Waals surface area contributed by atoms with Gasteiger partial charge >= 0.3 is 0 Å². The molecule has 1 amide bonds. The third kappa shape index (κ3) is 2.78. The van der Waals surface area contributed by atoms with Crippen molar-refractivity contribution in [1.29, 1.82) is 0 Å². The molecule has 1 aromatic heterocycles. The van der Waals surface area contributed by atoms with Gasteiger partial charge in [-0.25, -0.2) is 4.98 Å². The molecular formula is C16H17ClN2O. The molecule has 104 valence electrons. The summed E-state index contributed by atoms with van der Waals surface area (Å²) in [7, 11) is 0. The van der Waals surface area contributed by atoms with Crippen LogP contribution in [0.4, 0.5) is 0 Å². The lowest BCUT2D eigenvalue weighted by molar-refractivity contribution is 0.0939. The standard InChI is InChI=1S/C16H17ClN2O/c1-10(8-11-6-7-11)19-16(20)14-9-18-15(17)13-5-3-2-4-12(13)14/h2-5,9-11H,6-8H2,1H3,(H,19,20). The molecule has 4 heteroatoms. The molecule has 0 radical (unpaired) electrons. The summed E-state index contributed by atoms with van der Waals surface area (Å²) >= 11 is 6.07. The molecule has 1 aliphatic rings. The molecule has 3 rings (SSSR count). The topological polar surface area (TPSA) is 42.0 Å². The van der Waals surface area contributed by atoms with Crippen LogP contribution >= 0.6 is 11.6 Å². The van der Waals surface area contributed by atoms with Crippen LogP contribution in [0, 0.1) is 5.92 Å². The third-order valence-corrected chi connectivity index (χ3v) is 4.05. The van der Waals surface area contributed by atoms with Crippen molar-refractivity contribution in [3.63, 3.8) is 0 Å². The zero-order valence-electron chi connectivity index (χ0n) is 11.4. The van der Waals surface area contributed by atoms with Crippen LogP contribution < -0.4 is 5.32 Å². The fourth-order valence-electron chi connectivity index (χ4n) is 2.55. The summed E-state index contributed by atoms with van der Waals surface area (Å²) in [4.78, 5) is 16.5. The Hall–Kier alpha value is -1.61. The summed E-state index contributed by atoms with van der Waals surface area (Å²) < 4.78 is 0. The second-order valence-electron chi connectivity index (χ2n) is 5.56. The number of nitrogens with one attached hydrogen (secondary N) is 1. The molecule has 1 fully saturated rings. The monoisotopic (exact) mass is 288 g/mol. The second kappa shape index (κ2) is 5.41. The Balaban J connectivity index is 1.85. The summed E-state index contributed by atoms with van der Waals surface area (Å²) in [6.45, 7) is 2.06. The number of benzene rings is 1. The van der Waals surface area contributed by atoms with Crippen LogP contribution in [0.2, 0.25) is 5.15 Å². The molecule has 0 aliphatic heterocycles. The first kappa shape index (κ1) is 13.4. The summed E-state index contributed by atoms with van der Waals surface area (Å²) in [6.07, 6.45) is 5.21. The van der Waals surface area contributed by atoms with Crippen molar-refractivity contribution >= 4 is 28.3 Å². The number of carbonyl (C=O) groups is 1. The van der Waals surface area contributed by atoms with E-state index in [0.717, 1.165) is 23.1 Å². The van der Waals surface area contributed by atoms with E-state index in [1.807, 2.05) is 24.3 Å². The maximum absolute atomic E-state index is 12.4. The van der Waals surface area contributed by atoms with E-state index in [4.69, 9.17) is 11.6 Å². The van der Waals surface area contributed by atoms with Crippen LogP contribution in [0.1, 0.15) is 36.5 Å². The molecule has 1 aromatic carbocycles. The number of carbonyl (C=O) groups excluding carboxylic acids is 1. The Morgan fingerprint density at radius 3 is 2.80 bits per heavy atom. The number of rotatable bonds is 4. The maximum Gasteiger partial charge on any atom is 0.253 e. The molecule has 1 atom stereocenters. The SMILES string of the molecule is CC(CC1CC1)NC(=O)c1cnc(Cl)c2ccccc12. The van der Waals surface area contributed by atoms with E-state index in [-0.39, 0.29) is 11.9 Å². The maximum atomic E-state index is 12.4. The van der Waals surface area contributed by atoms with Gasteiger partial charge < -0.3 is 5.32 Å². The van der Waals surface area contributed by atoms with E-state index in [9.17, 15) is 4.79 Å². The third-order valence-electron chi connectivity index (χ3n) is 3.75. The Bertz CT molecular complexity index is 652. The van der Waals surface area contributed by atoms with Gasteiger partial charge in [-0.2, -0.15) is 0 Å². The molecule has 1 saturated carbocycles. The van der Waals surface area contributed by atoms with E-state index in [2.05, 4.69) is 17.2 Å². The highest BCUT2D eigenvalue weighted by molar-refractivity contribution is 6.34. The van der Waals surface area contributed by atoms with Gasteiger partial charge in [-0.3, -0.25) is 4.79 Å². The van der Waals surface area contributed by atoms with Crippen LogP contribution in [-0.4, -0.2) is 16.9 Å². The number of amides is 1. The molecule has 3 nitrogen and oxygen atoms in total. The lowest BCUT2D eigenvalue weighted by atomic mass is 10.1. The summed E-state index contributed by atoms with van der Waals surface area (Å²) in [5.74, 6) is 0.726. The van der Waals surface area contributed by atoms with Crippen LogP contribution in [-0.2, 0) is 0 Å². The predicted molar refractivity (Wildman–Crippen MR) is 81.0 cm³/mol. The molecular weight excluding hydrogens is 272 g/mol. The van der Waals surface area contributed by atoms with Crippen LogP contribution in [0.15, 0.2) is 30.5 Å². The van der Waals surface area contributed by atoms with Crippen molar-refractivity contribution in [1.82, 2.24) is 10.3 Å². The van der Waals surface area contributed by atoms with E-state index >= 15 is 0 Å². The zero-order valence-corrected chi connectivity index (χ0v) is 12.2. The number of fused-ring (bicyclic) bond motifs is 1. The highest BCUT2D eigenvalue weighted by Gasteiger charge is 2.24. The summed E-state index contributed by atoms with van der Waals surface area (Å²) in [6, 6.07) is 7.79. The molecule has 0 bridgehead atoms. The Morgan fingerprint density at radius 2 is 2.10 bits per heavy atom. The van der Waals surface area contributed by atoms with Crippen LogP contribution in [0.3, 0.4) is 0 Å². The minimum absolute atomic E-state index is 0.0708. The Morgan fingerprint density at radius 1 is 1.40 bits per heavy atom. The molecule has 1 aliphatic carbocycles. The highest BCUT2D eigenvalue weighted by atomic mass is 35.5. The number of halogens is 1. The fraction of sp³-hybridized carbons (Fsp3) is 0.375. The molecule has 1 heterocycles. The minimum Gasteiger partial charge on any atom is -0.350 e. The number of aromatic nitrogens is 1. The van der Waals surface area contributed by atoms with E-state index in [1.54, 1.807) is 6.20 Å². The minimum atomic E-state index is -0.0708. The van der Waals surface area contributed by atoms with Gasteiger partial charge in [0.25, 0.3) is 5.91 Å². The van der Waals surface area contributed by atoms with Crippen LogP contribution in [0.25, 0.3) is 10.8 Å². The number of hydrogen-bond acceptors (Lipinski definition) is 2. The van der Waals surface area contributed by atoms with Crippen molar-refractivity contribution in [2.24, 2.45) is 5.92 Å². The van der Waals surface area contributed by atoms with Gasteiger partial charge in [0.05, 0.1) is 5.56 Å². The quantitative estimate of drug-likeness (QED) is 0.869. The highest BCUT2D eigenvalue weighted by Crippen LogP contribution is 2.33. The van der Waals surface area contributed by atoms with Gasteiger partial charge in [-0.15, -0.1) is 0 Å². The lowest BCUT2D eigenvalue weighted by Gasteiger charge is -2.14. The number of nitrogens with zero attached hydrogens (tertiary/aromatic N) is 1. The second-order valence-corrected chi connectivity index (χ2v) is 5.92. The van der Waals surface area contributed by atoms with Crippen molar-refractivity contribution in [3.8, 4) is 0 Å². The normalized spacial score (nSPS) is 16.1. The first-order chi connectivity index (χ1) is 9.65. The average molecular weight is 289 g/mol. The van der Waals surface area contributed by atoms with Gasteiger partial charge in [0.15, 0.2) is 0 Å². The first-order valence-electron chi connectivity index (χ1n) is 6.99. The molecule has 0 saturated heterocycles. The predicted octanol–water partition coefficient (Wildman–Crippen LogP) is 3.81. The largest absolute Gasteiger partial charge is 0.350 e. The fourth-order valence-corrected chi connectivity index (χ4v) is 2.77. The van der Waals surface area contributed by atoms with E-state index in [0.29, 0.717) is 10.7 Å². The number of pyridine rings is 1. The molecule has 0 spiro atoms. The van der Waals surface area contributed by atoms with Gasteiger partial charge in [-0.1, -0.05) is 48.7 Å². The van der Waals surface area contributed by atoms with Gasteiger partial charge in [0, 0.05) is 17.6 Å². The van der Waals surface area contributed by atoms with Gasteiger partial charge in [0.1, 0.15) is 5.15 Å². The first-order valence-corrected chi connectivity index (χ1v) is 7.37. The smallest absolute Gasteiger partial charge is 0.253 e. The average Bonchev–Trinajstić information content (AvgIpc) is 3.23. The van der Waals surface area contributed by atoms with E-state index in [1.165, 1.54) is 12.8 Å². The molecule has 20 heavy (non-hydrogen) atoms. The molecule has 2 aromatic rings. The number of hydrogen-bond donors (Lipinski definition) is 1. The summed E-state index contributed by atoms with van der Waals surface area (Å²) in [5, 5.41) is 5.16. The lowest BCUT2D eigenvalue weighted by Crippen LogP contribution is -2.33. The van der Waals surface area contributed by atoms with Gasteiger partial charge in [-0.05, 0) is 24.6 Å².